The molecular weight excluding hydrogens is 303 g/mol. The smallest absolute Gasteiger partial charge is 0.550 e. The third-order valence-electron chi connectivity index (χ3n) is 3.09. The summed E-state index contributed by atoms with van der Waals surface area (Å²) < 4.78 is 0. The van der Waals surface area contributed by atoms with E-state index in [4.69, 9.17) is 0 Å². The summed E-state index contributed by atoms with van der Waals surface area (Å²) >= 11 is 0. The minimum Gasteiger partial charge on any atom is -0.550 e. The third-order valence-corrected chi connectivity index (χ3v) is 3.09. The monoisotopic (exact) mass is 332 g/mol. The van der Waals surface area contributed by atoms with Gasteiger partial charge in [-0.3, -0.25) is 0 Å². The second-order valence-corrected chi connectivity index (χ2v) is 5.17. The zero-order valence-electron chi connectivity index (χ0n) is 14.2. The fourth-order valence-electron chi connectivity index (χ4n) is 1.84. The Hall–Kier alpha value is 0.286. The Bertz CT molecular complexity index is 335. The van der Waals surface area contributed by atoms with E-state index in [1.807, 2.05) is 12.2 Å². The van der Waals surface area contributed by atoms with Gasteiger partial charge in [0.1, 0.15) is 0 Å². The molecule has 0 heterocycles. The molecule has 0 fully saturated rings. The van der Waals surface area contributed by atoms with Gasteiger partial charge in [-0.1, -0.05) is 56.2 Å². The number of carbonyl (C=O) groups excluding carboxylic acids is 1. The molecule has 0 bridgehead atoms. The molecule has 0 aromatic rings. The molecule has 0 saturated carbocycles. The number of hydrogen-bond acceptors (Lipinski definition) is 3. The molecule has 0 spiro atoms. The van der Waals surface area contributed by atoms with Crippen LogP contribution >= 0.6 is 0 Å². The summed E-state index contributed by atoms with van der Waals surface area (Å²) in [5.41, 5.74) is 0. The Balaban J connectivity index is 0. The van der Waals surface area contributed by atoms with Crippen LogP contribution in [0.1, 0.15) is 64.7 Å². The summed E-state index contributed by atoms with van der Waals surface area (Å²) in [6.07, 6.45) is 19.4. The Morgan fingerprint density at radius 3 is 2.32 bits per heavy atom. The molecule has 0 aliphatic rings. The summed E-state index contributed by atoms with van der Waals surface area (Å²) in [5.74, 6) is -0.963. The van der Waals surface area contributed by atoms with Crippen LogP contribution in [0.25, 0.3) is 0 Å². The first-order valence-corrected chi connectivity index (χ1v) is 8.01. The van der Waals surface area contributed by atoms with Gasteiger partial charge in [-0.05, 0) is 44.9 Å². The summed E-state index contributed by atoms with van der Waals surface area (Å²) in [7, 11) is 0. The van der Waals surface area contributed by atoms with Gasteiger partial charge in [0.15, 0.2) is 0 Å². The molecule has 0 radical (unpaired) electrons. The Morgan fingerprint density at radius 2 is 1.68 bits per heavy atom. The van der Waals surface area contributed by atoms with Crippen LogP contribution < -0.4 is 56.5 Å². The molecule has 3 nitrogen and oxygen atoms in total. The van der Waals surface area contributed by atoms with Crippen molar-refractivity contribution in [1.29, 1.82) is 0 Å². The molecular formula is C18H29KO3. The second-order valence-electron chi connectivity index (χ2n) is 5.17. The SMILES string of the molecule is CCCCC(O)/C=C\C/C=C\C/C=C\CCCCC(=O)[O-].[K+]. The van der Waals surface area contributed by atoms with E-state index in [0.29, 0.717) is 6.42 Å². The first-order chi connectivity index (χ1) is 10.2. The van der Waals surface area contributed by atoms with E-state index in [-0.39, 0.29) is 63.9 Å². The molecule has 1 N–H and O–H groups in total. The van der Waals surface area contributed by atoms with Gasteiger partial charge < -0.3 is 15.0 Å². The Kier molecular flexibility index (Phi) is 21.6. The second kappa shape index (κ2) is 19.3. The maximum Gasteiger partial charge on any atom is 1.00 e. The standard InChI is InChI=1S/C18H30O3.K/c1-2-3-14-17(19)15-12-10-8-6-4-5-7-9-11-13-16-18(20)21;/h5-8,12,15,17,19H,2-4,9-11,13-14,16H2,1H3,(H,20,21);/q;+1/p-1/b7-5-,8-6-,15-12-;. The molecule has 22 heavy (non-hydrogen) atoms. The minimum atomic E-state index is -0.963. The quantitative estimate of drug-likeness (QED) is 0.300. The van der Waals surface area contributed by atoms with Gasteiger partial charge in [-0.15, -0.1) is 0 Å². The number of unbranched alkanes of at least 4 members (excludes halogenated alkanes) is 3. The first-order valence-electron chi connectivity index (χ1n) is 8.01. The van der Waals surface area contributed by atoms with Crippen LogP contribution in [0.4, 0.5) is 0 Å². The average Bonchev–Trinajstić information content (AvgIpc) is 2.45. The van der Waals surface area contributed by atoms with Crippen LogP contribution in [0.2, 0.25) is 0 Å². The molecule has 4 heteroatoms. The average molecular weight is 333 g/mol. The van der Waals surface area contributed by atoms with E-state index in [2.05, 4.69) is 31.2 Å². The number of hydrogen-bond donors (Lipinski definition) is 1. The number of allylic oxidation sites excluding steroid dienone is 5. The fourth-order valence-corrected chi connectivity index (χ4v) is 1.84. The Morgan fingerprint density at radius 1 is 1.05 bits per heavy atom. The molecule has 0 aliphatic heterocycles. The van der Waals surface area contributed by atoms with Gasteiger partial charge in [0.2, 0.25) is 0 Å². The topological polar surface area (TPSA) is 60.4 Å². The van der Waals surface area contributed by atoms with Crippen molar-refractivity contribution in [3.05, 3.63) is 36.5 Å². The summed E-state index contributed by atoms with van der Waals surface area (Å²) in [5, 5.41) is 19.8. The first kappa shape index (κ1) is 24.5. The number of carboxylic acid groups (broad SMARTS) is 1. The van der Waals surface area contributed by atoms with Crippen LogP contribution in [0.3, 0.4) is 0 Å². The number of carbonyl (C=O) groups is 1. The summed E-state index contributed by atoms with van der Waals surface area (Å²) in [6.45, 7) is 2.12. The maximum atomic E-state index is 10.2. The van der Waals surface area contributed by atoms with Crippen LogP contribution in [-0.2, 0) is 4.79 Å². The fraction of sp³-hybridized carbons (Fsp3) is 0.611. The van der Waals surface area contributed by atoms with E-state index in [1.165, 1.54) is 0 Å². The van der Waals surface area contributed by atoms with Crippen LogP contribution in [-0.4, -0.2) is 17.2 Å². The zero-order valence-corrected chi connectivity index (χ0v) is 17.3. The van der Waals surface area contributed by atoms with Gasteiger partial charge in [0, 0.05) is 5.97 Å². The van der Waals surface area contributed by atoms with Gasteiger partial charge in [-0.2, -0.15) is 0 Å². The van der Waals surface area contributed by atoms with E-state index >= 15 is 0 Å². The third kappa shape index (κ3) is 20.3. The van der Waals surface area contributed by atoms with E-state index in [9.17, 15) is 15.0 Å². The molecule has 1 atom stereocenters. The van der Waals surface area contributed by atoms with Crippen molar-refractivity contribution in [3.63, 3.8) is 0 Å². The molecule has 0 amide bonds. The van der Waals surface area contributed by atoms with Crippen LogP contribution in [0.5, 0.6) is 0 Å². The van der Waals surface area contributed by atoms with Gasteiger partial charge in [-0.25, -0.2) is 0 Å². The number of carboxylic acids is 1. The molecule has 0 aromatic heterocycles. The normalized spacial score (nSPS) is 13.0. The number of rotatable bonds is 13. The van der Waals surface area contributed by atoms with E-state index in [0.717, 1.165) is 44.9 Å². The van der Waals surface area contributed by atoms with Crippen molar-refractivity contribution in [2.75, 3.05) is 0 Å². The largest absolute Gasteiger partial charge is 1.00 e. The number of aliphatic carboxylic acids is 1. The predicted octanol–water partition coefficient (Wildman–Crippen LogP) is 0.301. The van der Waals surface area contributed by atoms with Crippen molar-refractivity contribution in [1.82, 2.24) is 0 Å². The molecule has 0 saturated heterocycles. The van der Waals surface area contributed by atoms with E-state index < -0.39 is 5.97 Å². The van der Waals surface area contributed by atoms with Crippen molar-refractivity contribution >= 4 is 5.97 Å². The van der Waals surface area contributed by atoms with Crippen molar-refractivity contribution in [2.45, 2.75) is 70.8 Å². The molecule has 0 aliphatic carbocycles. The van der Waals surface area contributed by atoms with Crippen molar-refractivity contribution < 1.29 is 66.4 Å². The summed E-state index contributed by atoms with van der Waals surface area (Å²) in [6, 6.07) is 0. The molecule has 0 rings (SSSR count). The molecule has 120 valence electrons. The number of aliphatic hydroxyl groups excluding tert-OH is 1. The minimum absolute atomic E-state index is 0. The molecule has 0 aromatic carbocycles. The van der Waals surface area contributed by atoms with Crippen molar-refractivity contribution in [3.8, 4) is 0 Å². The Labute approximate surface area is 178 Å². The predicted molar refractivity (Wildman–Crippen MR) is 85.7 cm³/mol. The van der Waals surface area contributed by atoms with Gasteiger partial charge >= 0.3 is 51.4 Å². The van der Waals surface area contributed by atoms with Gasteiger partial charge in [0.05, 0.1) is 6.10 Å². The van der Waals surface area contributed by atoms with Crippen LogP contribution in [0.15, 0.2) is 36.5 Å². The zero-order chi connectivity index (χ0) is 15.8. The van der Waals surface area contributed by atoms with Crippen molar-refractivity contribution in [2.24, 2.45) is 0 Å². The van der Waals surface area contributed by atoms with E-state index in [1.54, 1.807) is 0 Å². The maximum absolute atomic E-state index is 10.2. The van der Waals surface area contributed by atoms with Gasteiger partial charge in [0.25, 0.3) is 0 Å². The summed E-state index contributed by atoms with van der Waals surface area (Å²) in [4.78, 5) is 10.2. The molecule has 1 unspecified atom stereocenters. The number of aliphatic hydroxyl groups is 1. The van der Waals surface area contributed by atoms with Crippen LogP contribution in [0, 0.1) is 0 Å².